The Morgan fingerprint density at radius 3 is 2.32 bits per heavy atom. The molecule has 2 aromatic carbocycles. The molecule has 4 rings (SSSR count). The molecule has 200 valence electrons. The molecule has 1 saturated heterocycles. The van der Waals surface area contributed by atoms with Crippen LogP contribution in [-0.4, -0.2) is 47.3 Å². The lowest BCUT2D eigenvalue weighted by Gasteiger charge is -2.52. The molecule has 2 fully saturated rings. The largest absolute Gasteiger partial charge is 0.481 e. The van der Waals surface area contributed by atoms with E-state index in [0.29, 0.717) is 29.3 Å². The Kier molecular flexibility index (Phi) is 8.27. The maximum Gasteiger partial charge on any atom is 0.304 e. The van der Waals surface area contributed by atoms with Gasteiger partial charge in [0.1, 0.15) is 0 Å². The number of hydrogen-bond donors (Lipinski definition) is 1. The molecule has 1 N–H and O–H groups in total. The van der Waals surface area contributed by atoms with Crippen LogP contribution < -0.4 is 0 Å². The second-order valence-electron chi connectivity index (χ2n) is 10.7. The summed E-state index contributed by atoms with van der Waals surface area (Å²) in [6, 6.07) is 13.5. The first-order valence-electron chi connectivity index (χ1n) is 12.7. The number of likely N-dealkylation sites (tertiary alicyclic amines) is 1. The van der Waals surface area contributed by atoms with E-state index in [9.17, 15) is 23.1 Å². The molecule has 1 saturated carbocycles. The Labute approximate surface area is 228 Å². The molecule has 1 heterocycles. The fourth-order valence-corrected chi connectivity index (χ4v) is 8.39. The zero-order chi connectivity index (χ0) is 27.0. The number of amides is 1. The molecule has 2 aliphatic rings. The monoisotopic (exact) mass is 565 g/mol. The third kappa shape index (κ3) is 5.84. The first kappa shape index (κ1) is 27.9. The lowest BCUT2D eigenvalue weighted by atomic mass is 9.67. The van der Waals surface area contributed by atoms with Crippen molar-refractivity contribution >= 4 is 44.9 Å². The topological polar surface area (TPSA) is 91.8 Å². The van der Waals surface area contributed by atoms with Gasteiger partial charge in [-0.2, -0.15) is 0 Å². The molecule has 2 aromatic rings. The fraction of sp³-hybridized carbons (Fsp3) is 0.500. The zero-order valence-corrected chi connectivity index (χ0v) is 23.4. The molecule has 4 atom stereocenters. The second kappa shape index (κ2) is 11.0. The van der Waals surface area contributed by atoms with Crippen molar-refractivity contribution in [3.63, 3.8) is 0 Å². The van der Waals surface area contributed by atoms with E-state index in [2.05, 4.69) is 0 Å². The van der Waals surface area contributed by atoms with Gasteiger partial charge in [0.25, 0.3) is 0 Å². The number of nitrogens with zero attached hydrogens (tertiary/aromatic N) is 1. The molecule has 0 unspecified atom stereocenters. The van der Waals surface area contributed by atoms with E-state index in [4.69, 9.17) is 23.2 Å². The summed E-state index contributed by atoms with van der Waals surface area (Å²) in [5, 5.41) is 10.5. The molecule has 37 heavy (non-hydrogen) atoms. The molecule has 0 aromatic heterocycles. The number of rotatable bonds is 9. The highest BCUT2D eigenvalue weighted by Gasteiger charge is 2.53. The van der Waals surface area contributed by atoms with Crippen molar-refractivity contribution in [2.45, 2.75) is 75.6 Å². The first-order chi connectivity index (χ1) is 17.4. The Bertz CT molecular complexity index is 1260. The number of halogens is 2. The second-order valence-corrected chi connectivity index (χ2v) is 13.8. The third-order valence-electron chi connectivity index (χ3n) is 7.98. The molecule has 1 aliphatic heterocycles. The number of sulfone groups is 1. The fourth-order valence-electron chi connectivity index (χ4n) is 5.81. The van der Waals surface area contributed by atoms with Crippen molar-refractivity contribution in [2.75, 3.05) is 5.75 Å². The first-order valence-corrected chi connectivity index (χ1v) is 15.2. The SMILES string of the molecule is CC[C@@H](CS(=O)(=O)C1CCC1)N1C(=O)[C@](C)(CC(=O)O)C[C@H](c2cccc(Cl)c2)[C@H]1c1ccc(Cl)cc1. The van der Waals surface area contributed by atoms with Gasteiger partial charge < -0.3 is 10.0 Å². The van der Waals surface area contributed by atoms with Crippen molar-refractivity contribution in [3.05, 3.63) is 69.7 Å². The van der Waals surface area contributed by atoms with E-state index >= 15 is 0 Å². The zero-order valence-electron chi connectivity index (χ0n) is 21.1. The standard InChI is InChI=1S/C28H33Cl2NO5S/c1-3-22(17-37(35,36)23-8-5-9-23)31-26(18-10-12-20(29)13-11-18)24(19-6-4-7-21(30)14-19)15-28(2,27(31)34)16-25(32)33/h4,6-7,10-14,22-24,26H,3,5,8-9,15-17H2,1-2H3,(H,32,33)/t22-,24+,26+,28-/m0/s1. The summed E-state index contributed by atoms with van der Waals surface area (Å²) in [5.41, 5.74) is 0.480. The van der Waals surface area contributed by atoms with Crippen LogP contribution in [0.25, 0.3) is 0 Å². The molecule has 0 bridgehead atoms. The molecule has 1 aliphatic carbocycles. The van der Waals surface area contributed by atoms with E-state index in [-0.39, 0.29) is 35.7 Å². The molecule has 0 radical (unpaired) electrons. The highest BCUT2D eigenvalue weighted by molar-refractivity contribution is 7.92. The molecular weight excluding hydrogens is 533 g/mol. The number of carbonyl (C=O) groups excluding carboxylic acids is 1. The lowest BCUT2D eigenvalue weighted by Crippen LogP contribution is -2.57. The van der Waals surface area contributed by atoms with Crippen LogP contribution in [-0.2, 0) is 19.4 Å². The molecule has 9 heteroatoms. The summed E-state index contributed by atoms with van der Waals surface area (Å²) in [7, 11) is -3.42. The van der Waals surface area contributed by atoms with E-state index in [1.165, 1.54) is 0 Å². The maximum atomic E-state index is 14.2. The van der Waals surface area contributed by atoms with Crippen LogP contribution in [0.1, 0.15) is 75.5 Å². The summed E-state index contributed by atoms with van der Waals surface area (Å²) in [5.74, 6) is -1.85. The van der Waals surface area contributed by atoms with Gasteiger partial charge in [-0.05, 0) is 61.1 Å². The predicted molar refractivity (Wildman–Crippen MR) is 146 cm³/mol. The predicted octanol–water partition coefficient (Wildman–Crippen LogP) is 6.28. The highest BCUT2D eigenvalue weighted by Crippen LogP contribution is 2.52. The normalized spacial score (nSPS) is 25.5. The number of aliphatic carboxylic acids is 1. The summed E-state index contributed by atoms with van der Waals surface area (Å²) >= 11 is 12.5. The van der Waals surface area contributed by atoms with Crippen LogP contribution in [0.15, 0.2) is 48.5 Å². The van der Waals surface area contributed by atoms with Crippen molar-refractivity contribution in [2.24, 2.45) is 5.41 Å². The van der Waals surface area contributed by atoms with Gasteiger partial charge >= 0.3 is 5.97 Å². The number of carboxylic acids is 1. The summed E-state index contributed by atoms with van der Waals surface area (Å²) < 4.78 is 26.6. The average Bonchev–Trinajstić information content (AvgIpc) is 2.78. The minimum absolute atomic E-state index is 0.143. The summed E-state index contributed by atoms with van der Waals surface area (Å²) in [6.45, 7) is 3.56. The molecule has 1 amide bonds. The van der Waals surface area contributed by atoms with Gasteiger partial charge in [-0.3, -0.25) is 9.59 Å². The lowest BCUT2D eigenvalue weighted by molar-refractivity contribution is -0.160. The minimum Gasteiger partial charge on any atom is -0.481 e. The smallest absolute Gasteiger partial charge is 0.304 e. The molecule has 0 spiro atoms. The Hall–Kier alpha value is -2.09. The minimum atomic E-state index is -3.42. The van der Waals surface area contributed by atoms with Crippen LogP contribution in [0.5, 0.6) is 0 Å². The number of benzene rings is 2. The summed E-state index contributed by atoms with van der Waals surface area (Å²) in [6.07, 6.45) is 2.55. The number of carboxylic acid groups (broad SMARTS) is 1. The van der Waals surface area contributed by atoms with E-state index in [0.717, 1.165) is 17.5 Å². The van der Waals surface area contributed by atoms with Crippen LogP contribution in [0.2, 0.25) is 10.0 Å². The van der Waals surface area contributed by atoms with Gasteiger partial charge in [0.05, 0.1) is 28.9 Å². The number of carbonyl (C=O) groups is 2. The van der Waals surface area contributed by atoms with Gasteiger partial charge in [0, 0.05) is 22.0 Å². The Morgan fingerprint density at radius 1 is 1.11 bits per heavy atom. The van der Waals surface area contributed by atoms with Crippen molar-refractivity contribution in [1.82, 2.24) is 4.90 Å². The Morgan fingerprint density at radius 2 is 1.78 bits per heavy atom. The van der Waals surface area contributed by atoms with E-state index in [1.807, 2.05) is 37.3 Å². The van der Waals surface area contributed by atoms with Crippen LogP contribution in [0.3, 0.4) is 0 Å². The number of hydrogen-bond acceptors (Lipinski definition) is 4. The van der Waals surface area contributed by atoms with Crippen molar-refractivity contribution < 1.29 is 23.1 Å². The molecular formula is C28H33Cl2NO5S. The van der Waals surface area contributed by atoms with Crippen molar-refractivity contribution in [1.29, 1.82) is 0 Å². The molecule has 6 nitrogen and oxygen atoms in total. The maximum absolute atomic E-state index is 14.2. The Balaban J connectivity index is 1.88. The van der Waals surface area contributed by atoms with Crippen LogP contribution in [0.4, 0.5) is 0 Å². The quantitative estimate of drug-likeness (QED) is 0.386. The highest BCUT2D eigenvalue weighted by atomic mass is 35.5. The third-order valence-corrected chi connectivity index (χ3v) is 10.8. The average molecular weight is 567 g/mol. The van der Waals surface area contributed by atoms with Gasteiger partial charge in [0.2, 0.25) is 5.91 Å². The van der Waals surface area contributed by atoms with Gasteiger partial charge in [-0.15, -0.1) is 0 Å². The number of piperidine rings is 1. The van der Waals surface area contributed by atoms with Gasteiger partial charge in [0.15, 0.2) is 9.84 Å². The van der Waals surface area contributed by atoms with Crippen LogP contribution >= 0.6 is 23.2 Å². The van der Waals surface area contributed by atoms with Gasteiger partial charge in [-0.1, -0.05) is 67.7 Å². The van der Waals surface area contributed by atoms with Crippen molar-refractivity contribution in [3.8, 4) is 0 Å². The van der Waals surface area contributed by atoms with Crippen LogP contribution in [0, 0.1) is 5.41 Å². The summed E-state index contributed by atoms with van der Waals surface area (Å²) in [4.78, 5) is 27.8. The van der Waals surface area contributed by atoms with E-state index < -0.39 is 33.3 Å². The van der Waals surface area contributed by atoms with E-state index in [1.54, 1.807) is 30.0 Å². The van der Waals surface area contributed by atoms with Gasteiger partial charge in [-0.25, -0.2) is 8.42 Å².